The molecule has 0 spiro atoms. The number of fused-ring (bicyclic) bond motifs is 1. The quantitative estimate of drug-likeness (QED) is 0.734. The third kappa shape index (κ3) is 3.51. The van der Waals surface area contributed by atoms with Gasteiger partial charge in [0.1, 0.15) is 17.3 Å². The summed E-state index contributed by atoms with van der Waals surface area (Å²) in [5.74, 6) is -2.02. The van der Waals surface area contributed by atoms with E-state index in [0.717, 1.165) is 23.9 Å². The number of primary amides is 1. The van der Waals surface area contributed by atoms with Crippen molar-refractivity contribution in [3.8, 4) is 11.1 Å². The number of halogens is 2. The predicted octanol–water partition coefficient (Wildman–Crippen LogP) is 2.98. The first kappa shape index (κ1) is 19.2. The van der Waals surface area contributed by atoms with Crippen LogP contribution in [-0.2, 0) is 20.0 Å². The summed E-state index contributed by atoms with van der Waals surface area (Å²) in [6, 6.07) is 6.97. The molecule has 0 aliphatic carbocycles. The van der Waals surface area contributed by atoms with Crippen LogP contribution in [0, 0.1) is 11.6 Å². The fourth-order valence-electron chi connectivity index (χ4n) is 3.95. The molecule has 0 saturated heterocycles. The number of amides is 1. The van der Waals surface area contributed by atoms with Crippen molar-refractivity contribution in [1.82, 2.24) is 19.7 Å². The lowest BCUT2D eigenvalue weighted by Crippen LogP contribution is -2.35. The molecule has 29 heavy (non-hydrogen) atoms. The molecule has 8 heteroatoms. The largest absolute Gasteiger partial charge is 0.364 e. The van der Waals surface area contributed by atoms with Crippen LogP contribution in [0.5, 0.6) is 0 Å². The summed E-state index contributed by atoms with van der Waals surface area (Å²) < 4.78 is 29.7. The number of hydrogen-bond acceptors (Lipinski definition) is 4. The highest BCUT2D eigenvalue weighted by atomic mass is 19.1. The van der Waals surface area contributed by atoms with E-state index in [1.807, 2.05) is 17.8 Å². The van der Waals surface area contributed by atoms with E-state index in [1.165, 1.54) is 18.2 Å². The van der Waals surface area contributed by atoms with Gasteiger partial charge >= 0.3 is 0 Å². The summed E-state index contributed by atoms with van der Waals surface area (Å²) in [5.41, 5.74) is 8.90. The van der Waals surface area contributed by atoms with Crippen LogP contribution in [0.2, 0.25) is 0 Å². The van der Waals surface area contributed by atoms with Gasteiger partial charge in [-0.2, -0.15) is 5.10 Å². The lowest BCUT2D eigenvalue weighted by molar-refractivity contribution is 0.0994. The number of nitrogens with two attached hydrogens (primary N) is 1. The average Bonchev–Trinajstić information content (AvgIpc) is 3.12. The van der Waals surface area contributed by atoms with E-state index >= 15 is 0 Å². The normalized spacial score (nSPS) is 15.2. The molecule has 2 N–H and O–H groups in total. The first-order valence-corrected chi connectivity index (χ1v) is 9.35. The van der Waals surface area contributed by atoms with E-state index in [2.05, 4.69) is 21.9 Å². The Morgan fingerprint density at radius 3 is 2.66 bits per heavy atom. The minimum absolute atomic E-state index is 0.0671. The summed E-state index contributed by atoms with van der Waals surface area (Å²) in [5, 5.41) is 4.23. The van der Waals surface area contributed by atoms with Crippen molar-refractivity contribution in [2.75, 3.05) is 6.54 Å². The fourth-order valence-corrected chi connectivity index (χ4v) is 3.95. The molecule has 0 radical (unpaired) electrons. The maximum Gasteiger partial charge on any atom is 0.267 e. The van der Waals surface area contributed by atoms with Gasteiger partial charge in [0.15, 0.2) is 0 Å². The SMILES string of the molecule is C[C@@H](c1ccnn1C)N1CCc2c(-c3ccc(F)cc3F)cc(C(N)=O)nc2C1. The number of aryl methyl sites for hydroxylation is 1. The van der Waals surface area contributed by atoms with Gasteiger partial charge in [-0.1, -0.05) is 0 Å². The monoisotopic (exact) mass is 397 g/mol. The lowest BCUT2D eigenvalue weighted by Gasteiger charge is -2.34. The number of carbonyl (C=O) groups excluding carboxylic acids is 1. The van der Waals surface area contributed by atoms with Crippen LogP contribution in [0.25, 0.3) is 11.1 Å². The van der Waals surface area contributed by atoms with E-state index < -0.39 is 17.5 Å². The summed E-state index contributed by atoms with van der Waals surface area (Å²) in [4.78, 5) is 18.5. The molecule has 4 rings (SSSR count). The Kier molecular flexibility index (Phi) is 4.87. The number of aromatic nitrogens is 3. The number of nitrogens with zero attached hydrogens (tertiary/aromatic N) is 4. The molecule has 6 nitrogen and oxygen atoms in total. The molecule has 0 fully saturated rings. The minimum Gasteiger partial charge on any atom is -0.364 e. The number of benzene rings is 1. The third-order valence-corrected chi connectivity index (χ3v) is 5.52. The van der Waals surface area contributed by atoms with Crippen LogP contribution in [-0.4, -0.2) is 32.1 Å². The van der Waals surface area contributed by atoms with Crippen molar-refractivity contribution in [2.45, 2.75) is 25.9 Å². The van der Waals surface area contributed by atoms with Gasteiger partial charge in [0.25, 0.3) is 5.91 Å². The predicted molar refractivity (Wildman–Crippen MR) is 104 cm³/mol. The molecular formula is C21H21F2N5O. The number of rotatable bonds is 4. The Morgan fingerprint density at radius 1 is 1.21 bits per heavy atom. The van der Waals surface area contributed by atoms with E-state index in [0.29, 0.717) is 24.2 Å². The fraction of sp³-hybridized carbons (Fsp3) is 0.286. The lowest BCUT2D eigenvalue weighted by atomic mass is 9.92. The van der Waals surface area contributed by atoms with Gasteiger partial charge in [-0.15, -0.1) is 0 Å². The first-order chi connectivity index (χ1) is 13.8. The standard InChI is InChI=1S/C21H21F2N5O/c1-12(20-5-7-25-27(20)2)28-8-6-15-16(14-4-3-13(22)9-17(14)23)10-18(21(24)29)26-19(15)11-28/h3-5,7,9-10,12H,6,8,11H2,1-2H3,(H2,24,29)/t12-/m0/s1. The van der Waals surface area contributed by atoms with Crippen molar-refractivity contribution >= 4 is 5.91 Å². The van der Waals surface area contributed by atoms with Gasteiger partial charge < -0.3 is 5.73 Å². The molecule has 1 atom stereocenters. The van der Waals surface area contributed by atoms with Crippen molar-refractivity contribution in [1.29, 1.82) is 0 Å². The average molecular weight is 397 g/mol. The zero-order valence-corrected chi connectivity index (χ0v) is 16.2. The third-order valence-electron chi connectivity index (χ3n) is 5.52. The summed E-state index contributed by atoms with van der Waals surface area (Å²) in [6.07, 6.45) is 2.37. The highest BCUT2D eigenvalue weighted by molar-refractivity contribution is 5.92. The van der Waals surface area contributed by atoms with Crippen molar-refractivity contribution in [3.05, 3.63) is 70.8 Å². The molecule has 0 bridgehead atoms. The van der Waals surface area contributed by atoms with Crippen LogP contribution in [0.15, 0.2) is 36.5 Å². The molecule has 1 amide bonds. The van der Waals surface area contributed by atoms with Gasteiger partial charge in [0.2, 0.25) is 0 Å². The summed E-state index contributed by atoms with van der Waals surface area (Å²) in [7, 11) is 1.89. The molecule has 3 aromatic rings. The van der Waals surface area contributed by atoms with Crippen LogP contribution in [0.3, 0.4) is 0 Å². The van der Waals surface area contributed by atoms with Crippen LogP contribution in [0.1, 0.15) is 40.4 Å². The smallest absolute Gasteiger partial charge is 0.267 e. The molecule has 1 aliphatic heterocycles. The van der Waals surface area contributed by atoms with Gasteiger partial charge in [0, 0.05) is 44.0 Å². The van der Waals surface area contributed by atoms with Gasteiger partial charge in [-0.3, -0.25) is 14.4 Å². The van der Waals surface area contributed by atoms with E-state index in [9.17, 15) is 13.6 Å². The Labute approximate surface area is 167 Å². The van der Waals surface area contributed by atoms with Crippen LogP contribution >= 0.6 is 0 Å². The maximum absolute atomic E-state index is 14.5. The molecule has 0 unspecified atom stereocenters. The maximum atomic E-state index is 14.5. The zero-order chi connectivity index (χ0) is 20.7. The molecule has 0 saturated carbocycles. The summed E-state index contributed by atoms with van der Waals surface area (Å²) >= 11 is 0. The Morgan fingerprint density at radius 2 is 2.00 bits per heavy atom. The highest BCUT2D eigenvalue weighted by Gasteiger charge is 2.28. The van der Waals surface area contributed by atoms with Crippen molar-refractivity contribution < 1.29 is 13.6 Å². The molecule has 150 valence electrons. The first-order valence-electron chi connectivity index (χ1n) is 9.35. The van der Waals surface area contributed by atoms with Crippen LogP contribution in [0.4, 0.5) is 8.78 Å². The van der Waals surface area contributed by atoms with Crippen LogP contribution < -0.4 is 5.73 Å². The molecule has 2 aromatic heterocycles. The second-order valence-corrected chi connectivity index (χ2v) is 7.24. The Balaban J connectivity index is 1.77. The van der Waals surface area contributed by atoms with E-state index in [1.54, 1.807) is 6.20 Å². The van der Waals surface area contributed by atoms with Gasteiger partial charge in [-0.05, 0) is 48.7 Å². The molecule has 1 aliphatic rings. The second kappa shape index (κ2) is 7.36. The molecular weight excluding hydrogens is 376 g/mol. The zero-order valence-electron chi connectivity index (χ0n) is 16.2. The van der Waals surface area contributed by atoms with Gasteiger partial charge in [0.05, 0.1) is 11.4 Å². The topological polar surface area (TPSA) is 77.0 Å². The minimum atomic E-state index is -0.687. The highest BCUT2D eigenvalue weighted by Crippen LogP contribution is 2.34. The van der Waals surface area contributed by atoms with Gasteiger partial charge in [-0.25, -0.2) is 13.8 Å². The number of pyridine rings is 1. The molecule has 1 aromatic carbocycles. The van der Waals surface area contributed by atoms with E-state index in [-0.39, 0.29) is 17.3 Å². The van der Waals surface area contributed by atoms with Crippen molar-refractivity contribution in [2.24, 2.45) is 12.8 Å². The molecule has 3 heterocycles. The Hall–Kier alpha value is -3.13. The Bertz CT molecular complexity index is 1090. The second-order valence-electron chi connectivity index (χ2n) is 7.24. The van der Waals surface area contributed by atoms with E-state index in [4.69, 9.17) is 5.73 Å². The summed E-state index contributed by atoms with van der Waals surface area (Å²) in [6.45, 7) is 3.30. The number of hydrogen-bond donors (Lipinski definition) is 1. The van der Waals surface area contributed by atoms with Crippen molar-refractivity contribution in [3.63, 3.8) is 0 Å². The number of carbonyl (C=O) groups is 1.